The molecule has 6 heteroatoms. The van der Waals surface area contributed by atoms with E-state index in [1.807, 2.05) is 31.2 Å². The van der Waals surface area contributed by atoms with Crippen LogP contribution in [0.5, 0.6) is 0 Å². The number of nitrogens with zero attached hydrogens (tertiary/aromatic N) is 2. The second kappa shape index (κ2) is 7.04. The molecule has 3 rings (SSSR count). The Hall–Kier alpha value is -2.08. The van der Waals surface area contributed by atoms with Crippen LogP contribution in [-0.2, 0) is 20.7 Å². The van der Waals surface area contributed by atoms with Gasteiger partial charge in [0.2, 0.25) is 5.91 Å². The molecule has 2 heterocycles. The molecule has 2 aliphatic heterocycles. The molecule has 1 fully saturated rings. The van der Waals surface area contributed by atoms with Crippen LogP contribution < -0.4 is 0 Å². The van der Waals surface area contributed by atoms with Crippen LogP contribution in [0.1, 0.15) is 44.9 Å². The Kier molecular flexibility index (Phi) is 4.99. The van der Waals surface area contributed by atoms with Gasteiger partial charge >= 0.3 is 5.97 Å². The summed E-state index contributed by atoms with van der Waals surface area (Å²) in [6.45, 7) is 7.82. The van der Waals surface area contributed by atoms with Gasteiger partial charge < -0.3 is 4.74 Å². The van der Waals surface area contributed by atoms with E-state index in [2.05, 4.69) is 11.9 Å². The Morgan fingerprint density at radius 2 is 1.96 bits per heavy atom. The highest BCUT2D eigenvalue weighted by atomic mass is 32.2. The zero-order valence-electron chi connectivity index (χ0n) is 14.9. The van der Waals surface area contributed by atoms with Crippen molar-refractivity contribution in [2.75, 3.05) is 6.61 Å². The number of amides is 1. The highest BCUT2D eigenvalue weighted by molar-refractivity contribution is 8.15. The summed E-state index contributed by atoms with van der Waals surface area (Å²) in [5.41, 5.74) is 3.17. The van der Waals surface area contributed by atoms with Crippen molar-refractivity contribution < 1.29 is 14.3 Å². The van der Waals surface area contributed by atoms with Gasteiger partial charge in [-0.15, -0.1) is 0 Å². The third-order valence-corrected chi connectivity index (χ3v) is 5.51. The fourth-order valence-corrected chi connectivity index (χ4v) is 4.15. The summed E-state index contributed by atoms with van der Waals surface area (Å²) in [4.78, 5) is 31.5. The van der Waals surface area contributed by atoms with Crippen molar-refractivity contribution >= 4 is 28.8 Å². The second-order valence-corrected chi connectivity index (χ2v) is 7.39. The molecule has 132 valence electrons. The molecule has 2 unspecified atom stereocenters. The number of thioether (sulfide) groups is 1. The zero-order valence-corrected chi connectivity index (χ0v) is 15.7. The Morgan fingerprint density at radius 3 is 2.56 bits per heavy atom. The monoisotopic (exact) mass is 358 g/mol. The predicted molar refractivity (Wildman–Crippen MR) is 99.2 cm³/mol. The number of benzene rings is 1. The molecule has 2 aliphatic rings. The minimum absolute atomic E-state index is 0.0254. The number of amidine groups is 1. The number of aryl methyl sites for hydroxylation is 1. The van der Waals surface area contributed by atoms with Crippen LogP contribution in [0.3, 0.4) is 0 Å². The number of allylic oxidation sites excluding steroid dienone is 1. The molecule has 2 atom stereocenters. The minimum Gasteiger partial charge on any atom is -0.463 e. The van der Waals surface area contributed by atoms with E-state index in [1.54, 1.807) is 18.7 Å². The van der Waals surface area contributed by atoms with E-state index < -0.39 is 12.0 Å². The number of ether oxygens (including phenoxy) is 1. The largest absolute Gasteiger partial charge is 0.463 e. The highest BCUT2D eigenvalue weighted by Crippen LogP contribution is 2.43. The summed E-state index contributed by atoms with van der Waals surface area (Å²) in [7, 11) is 0. The predicted octanol–water partition coefficient (Wildman–Crippen LogP) is 3.46. The van der Waals surface area contributed by atoms with Crippen molar-refractivity contribution in [3.63, 3.8) is 0 Å². The maximum Gasteiger partial charge on any atom is 0.338 e. The van der Waals surface area contributed by atoms with Gasteiger partial charge in [-0.1, -0.05) is 43.0 Å². The summed E-state index contributed by atoms with van der Waals surface area (Å²) in [6.07, 6.45) is 0.937. The van der Waals surface area contributed by atoms with Gasteiger partial charge in [0.15, 0.2) is 5.17 Å². The molecule has 1 saturated heterocycles. The van der Waals surface area contributed by atoms with Gasteiger partial charge in [0.25, 0.3) is 0 Å². The lowest BCUT2D eigenvalue weighted by Gasteiger charge is -2.33. The van der Waals surface area contributed by atoms with Crippen molar-refractivity contribution in [1.82, 2.24) is 4.90 Å². The molecule has 0 aliphatic carbocycles. The molecular formula is C19H22N2O3S. The number of aliphatic imine (C=N–C) groups is 1. The molecule has 1 amide bonds. The first-order valence-electron chi connectivity index (χ1n) is 8.53. The van der Waals surface area contributed by atoms with Gasteiger partial charge in [-0.25, -0.2) is 9.79 Å². The average Bonchev–Trinajstić information content (AvgIpc) is 2.88. The van der Waals surface area contributed by atoms with Crippen LogP contribution in [0, 0.1) is 0 Å². The summed E-state index contributed by atoms with van der Waals surface area (Å²) < 4.78 is 5.25. The molecule has 0 radical (unpaired) electrons. The van der Waals surface area contributed by atoms with Crippen LogP contribution in [0.4, 0.5) is 0 Å². The number of hydrogen-bond donors (Lipinski definition) is 0. The van der Waals surface area contributed by atoms with Crippen LogP contribution in [0.15, 0.2) is 40.5 Å². The van der Waals surface area contributed by atoms with E-state index in [1.165, 1.54) is 17.3 Å². The van der Waals surface area contributed by atoms with E-state index in [-0.39, 0.29) is 17.8 Å². The van der Waals surface area contributed by atoms with E-state index >= 15 is 0 Å². The molecule has 1 aromatic rings. The van der Waals surface area contributed by atoms with E-state index in [0.29, 0.717) is 16.4 Å². The number of hydrogen-bond acceptors (Lipinski definition) is 5. The van der Waals surface area contributed by atoms with Gasteiger partial charge in [-0.3, -0.25) is 9.69 Å². The Labute approximate surface area is 152 Å². The van der Waals surface area contributed by atoms with E-state index in [4.69, 9.17) is 4.74 Å². The fraction of sp³-hybridized carbons (Fsp3) is 0.421. The number of carbonyl (C=O) groups is 2. The number of esters is 1. The van der Waals surface area contributed by atoms with Crippen molar-refractivity contribution in [1.29, 1.82) is 0 Å². The summed E-state index contributed by atoms with van der Waals surface area (Å²) in [5, 5.41) is 0.457. The first-order valence-corrected chi connectivity index (χ1v) is 9.41. The lowest BCUT2D eigenvalue weighted by Crippen LogP contribution is -2.40. The van der Waals surface area contributed by atoms with Gasteiger partial charge in [0, 0.05) is 0 Å². The first kappa shape index (κ1) is 17.7. The lowest BCUT2D eigenvalue weighted by atomic mass is 9.93. The van der Waals surface area contributed by atoms with Crippen molar-refractivity contribution in [2.24, 2.45) is 4.99 Å². The molecule has 0 saturated carbocycles. The van der Waals surface area contributed by atoms with Crippen molar-refractivity contribution in [3.8, 4) is 0 Å². The average molecular weight is 358 g/mol. The first-order chi connectivity index (χ1) is 12.0. The van der Waals surface area contributed by atoms with Crippen molar-refractivity contribution in [2.45, 2.75) is 45.4 Å². The summed E-state index contributed by atoms with van der Waals surface area (Å²) in [5.74, 6) is -0.438. The topological polar surface area (TPSA) is 59.0 Å². The normalized spacial score (nSPS) is 22.8. The Morgan fingerprint density at radius 1 is 1.28 bits per heavy atom. The van der Waals surface area contributed by atoms with Crippen LogP contribution >= 0.6 is 11.8 Å². The molecule has 0 bridgehead atoms. The molecule has 0 N–H and O–H groups in total. The molecular weight excluding hydrogens is 336 g/mol. The van der Waals surface area contributed by atoms with E-state index in [0.717, 1.165) is 12.0 Å². The van der Waals surface area contributed by atoms with Crippen LogP contribution in [-0.4, -0.2) is 33.8 Å². The minimum atomic E-state index is -0.484. The smallest absolute Gasteiger partial charge is 0.338 e. The number of carbonyl (C=O) groups excluding carboxylic acids is 2. The van der Waals surface area contributed by atoms with Gasteiger partial charge in [-0.05, 0) is 38.3 Å². The van der Waals surface area contributed by atoms with Crippen LogP contribution in [0.25, 0.3) is 0 Å². The number of rotatable bonds is 4. The summed E-state index contributed by atoms with van der Waals surface area (Å²) >= 11 is 1.43. The number of fused-ring (bicyclic) bond motifs is 1. The third kappa shape index (κ3) is 3.11. The quantitative estimate of drug-likeness (QED) is 0.774. The summed E-state index contributed by atoms with van der Waals surface area (Å²) in [6, 6.07) is 7.56. The van der Waals surface area contributed by atoms with Crippen LogP contribution in [0.2, 0.25) is 0 Å². The van der Waals surface area contributed by atoms with E-state index in [9.17, 15) is 9.59 Å². The van der Waals surface area contributed by atoms with Gasteiger partial charge in [0.1, 0.15) is 0 Å². The molecule has 1 aromatic carbocycles. The highest BCUT2D eigenvalue weighted by Gasteiger charge is 2.46. The second-order valence-electron chi connectivity index (χ2n) is 6.08. The fourth-order valence-electron chi connectivity index (χ4n) is 3.12. The maximum atomic E-state index is 12.7. The molecule has 0 spiro atoms. The SMILES string of the molecule is CCOC(=O)C1=C(C)N=C2SC(C)C(=O)N2C1c1ccc(CC)cc1. The third-order valence-electron chi connectivity index (χ3n) is 4.46. The van der Waals surface area contributed by atoms with Gasteiger partial charge in [-0.2, -0.15) is 0 Å². The lowest BCUT2D eigenvalue weighted by molar-refractivity contribution is -0.139. The molecule has 5 nitrogen and oxygen atoms in total. The Balaban J connectivity index is 2.12. The molecule has 25 heavy (non-hydrogen) atoms. The standard InChI is InChI=1S/C19H22N2O3S/c1-5-13-7-9-14(10-8-13)16-15(18(23)24-6-2)11(3)20-19-21(16)17(22)12(4)25-19/h7-10,12,16H,5-6H2,1-4H3. The molecule has 0 aromatic heterocycles. The maximum absolute atomic E-state index is 12.7. The van der Waals surface area contributed by atoms with Crippen molar-refractivity contribution in [3.05, 3.63) is 46.7 Å². The van der Waals surface area contributed by atoms with Gasteiger partial charge in [0.05, 0.1) is 29.2 Å². The Bertz CT molecular complexity index is 767. The zero-order chi connectivity index (χ0) is 18.1.